The summed E-state index contributed by atoms with van der Waals surface area (Å²) in [6.07, 6.45) is 0. The molecule has 1 rings (SSSR count). The lowest BCUT2D eigenvalue weighted by Gasteiger charge is -2.27. The Labute approximate surface area is 89.3 Å². The Bertz CT molecular complexity index is 327. The number of nitrogens with zero attached hydrogens (tertiary/aromatic N) is 1. The van der Waals surface area contributed by atoms with Gasteiger partial charge in [-0.1, -0.05) is 22.5 Å². The molecular weight excluding hydrogens is 252 g/mol. The summed E-state index contributed by atoms with van der Waals surface area (Å²) in [4.78, 5) is 34.7. The number of hydrogen-bond acceptors (Lipinski definition) is 3. The van der Waals surface area contributed by atoms with Crippen molar-refractivity contribution >= 4 is 33.8 Å². The van der Waals surface area contributed by atoms with Gasteiger partial charge >= 0.3 is 6.03 Å². The quantitative estimate of drug-likeness (QED) is 0.740. The van der Waals surface area contributed by atoms with Crippen LogP contribution >= 0.6 is 15.9 Å². The van der Waals surface area contributed by atoms with Gasteiger partial charge in [-0.3, -0.25) is 19.8 Å². The maximum absolute atomic E-state index is 11.5. The van der Waals surface area contributed by atoms with Gasteiger partial charge in [0.2, 0.25) is 11.8 Å². The van der Waals surface area contributed by atoms with Crippen molar-refractivity contribution in [1.29, 1.82) is 0 Å². The minimum absolute atomic E-state index is 0.0717. The molecular formula is C8H9BrN2O3. The molecule has 14 heavy (non-hydrogen) atoms. The van der Waals surface area contributed by atoms with Gasteiger partial charge in [0.05, 0.1) is 6.54 Å². The second-order valence-electron chi connectivity index (χ2n) is 2.96. The van der Waals surface area contributed by atoms with E-state index in [0.29, 0.717) is 4.48 Å². The second-order valence-corrected chi connectivity index (χ2v) is 4.08. The maximum Gasteiger partial charge on any atom is 0.331 e. The molecule has 0 bridgehead atoms. The number of hydrogen-bond donors (Lipinski definition) is 1. The molecule has 0 aromatic carbocycles. The zero-order valence-corrected chi connectivity index (χ0v) is 9.13. The monoisotopic (exact) mass is 260 g/mol. The molecule has 0 radical (unpaired) electrons. The van der Waals surface area contributed by atoms with Crippen molar-refractivity contribution in [3.05, 3.63) is 11.1 Å². The summed E-state index contributed by atoms with van der Waals surface area (Å²) in [5.74, 6) is -1.88. The van der Waals surface area contributed by atoms with Gasteiger partial charge in [-0.2, -0.15) is 0 Å². The molecule has 0 aliphatic carbocycles. The molecule has 5 nitrogen and oxygen atoms in total. The number of halogens is 1. The second kappa shape index (κ2) is 3.91. The number of barbiturate groups is 1. The Morgan fingerprint density at radius 1 is 1.57 bits per heavy atom. The van der Waals surface area contributed by atoms with E-state index in [1.165, 1.54) is 6.92 Å². The average Bonchev–Trinajstić information content (AvgIpc) is 2.09. The topological polar surface area (TPSA) is 66.5 Å². The summed E-state index contributed by atoms with van der Waals surface area (Å²) in [6, 6.07) is -0.696. The first-order chi connectivity index (χ1) is 6.43. The first-order valence-electron chi connectivity index (χ1n) is 3.93. The predicted octanol–water partition coefficient (Wildman–Crippen LogP) is 0.609. The number of carbonyl (C=O) groups excluding carboxylic acids is 3. The van der Waals surface area contributed by atoms with Gasteiger partial charge in [0.1, 0.15) is 5.92 Å². The molecule has 4 amide bonds. The molecule has 1 saturated heterocycles. The van der Waals surface area contributed by atoms with E-state index in [-0.39, 0.29) is 6.54 Å². The van der Waals surface area contributed by atoms with Crippen LogP contribution in [-0.2, 0) is 9.59 Å². The first-order valence-corrected chi connectivity index (χ1v) is 4.72. The lowest BCUT2D eigenvalue weighted by molar-refractivity contribution is -0.141. The zero-order chi connectivity index (χ0) is 10.9. The zero-order valence-electron chi connectivity index (χ0n) is 7.54. The number of urea groups is 1. The van der Waals surface area contributed by atoms with Crippen molar-refractivity contribution in [1.82, 2.24) is 10.2 Å². The van der Waals surface area contributed by atoms with E-state index in [1.807, 2.05) is 0 Å². The third-order valence-corrected chi connectivity index (χ3v) is 2.09. The van der Waals surface area contributed by atoms with Crippen molar-refractivity contribution in [2.45, 2.75) is 6.92 Å². The molecule has 0 aromatic rings. The van der Waals surface area contributed by atoms with E-state index in [2.05, 4.69) is 27.8 Å². The van der Waals surface area contributed by atoms with Gasteiger partial charge in [0.15, 0.2) is 0 Å². The smallest absolute Gasteiger partial charge is 0.277 e. The van der Waals surface area contributed by atoms with Crippen LogP contribution in [0.25, 0.3) is 0 Å². The summed E-state index contributed by atoms with van der Waals surface area (Å²) in [5, 5.41) is 2.08. The first kappa shape index (κ1) is 10.9. The van der Waals surface area contributed by atoms with E-state index >= 15 is 0 Å². The molecule has 1 N–H and O–H groups in total. The summed E-state index contributed by atoms with van der Waals surface area (Å²) in [7, 11) is 0. The number of imide groups is 2. The Hall–Kier alpha value is -1.17. The minimum Gasteiger partial charge on any atom is -0.277 e. The average molecular weight is 261 g/mol. The predicted molar refractivity (Wildman–Crippen MR) is 52.5 cm³/mol. The van der Waals surface area contributed by atoms with Crippen molar-refractivity contribution in [3.8, 4) is 0 Å². The van der Waals surface area contributed by atoms with Crippen molar-refractivity contribution in [2.75, 3.05) is 6.54 Å². The van der Waals surface area contributed by atoms with Crippen molar-refractivity contribution in [3.63, 3.8) is 0 Å². The van der Waals surface area contributed by atoms with Gasteiger partial charge in [0, 0.05) is 4.48 Å². The van der Waals surface area contributed by atoms with Crippen LogP contribution in [0, 0.1) is 5.92 Å². The van der Waals surface area contributed by atoms with Gasteiger partial charge in [-0.25, -0.2) is 4.79 Å². The number of carbonyl (C=O) groups is 3. The highest BCUT2D eigenvalue weighted by molar-refractivity contribution is 9.11. The molecule has 6 heteroatoms. The van der Waals surface area contributed by atoms with E-state index in [1.54, 1.807) is 0 Å². The molecule has 1 fully saturated rings. The standard InChI is InChI=1S/C8H9BrN2O3/c1-4(9)3-11-7(13)5(2)6(12)10-8(11)14/h5H,1,3H2,2H3,(H,10,12,14). The fraction of sp³-hybridized carbons (Fsp3) is 0.375. The minimum atomic E-state index is -0.820. The van der Waals surface area contributed by atoms with Gasteiger partial charge in [-0.15, -0.1) is 0 Å². The van der Waals surface area contributed by atoms with Crippen LogP contribution in [0.2, 0.25) is 0 Å². The van der Waals surface area contributed by atoms with E-state index < -0.39 is 23.8 Å². The fourth-order valence-electron chi connectivity index (χ4n) is 1.05. The molecule has 1 heterocycles. The van der Waals surface area contributed by atoms with Crippen LogP contribution in [0.3, 0.4) is 0 Å². The summed E-state index contributed by atoms with van der Waals surface area (Å²) in [5.41, 5.74) is 0. The molecule has 1 aliphatic heterocycles. The highest BCUT2D eigenvalue weighted by Gasteiger charge is 2.37. The highest BCUT2D eigenvalue weighted by Crippen LogP contribution is 2.13. The normalized spacial score (nSPS) is 22.3. The van der Waals surface area contributed by atoms with Gasteiger partial charge in [0.25, 0.3) is 0 Å². The highest BCUT2D eigenvalue weighted by atomic mass is 79.9. The van der Waals surface area contributed by atoms with Crippen molar-refractivity contribution in [2.24, 2.45) is 5.92 Å². The molecule has 0 saturated carbocycles. The molecule has 0 spiro atoms. The third kappa shape index (κ3) is 2.01. The summed E-state index contributed by atoms with van der Waals surface area (Å²) < 4.78 is 0.502. The molecule has 76 valence electrons. The molecule has 1 atom stereocenters. The van der Waals surface area contributed by atoms with Crippen LogP contribution in [0.15, 0.2) is 11.1 Å². The van der Waals surface area contributed by atoms with Crippen LogP contribution < -0.4 is 5.32 Å². The van der Waals surface area contributed by atoms with Crippen LogP contribution in [0.4, 0.5) is 4.79 Å². The molecule has 1 unspecified atom stereocenters. The Morgan fingerprint density at radius 2 is 2.14 bits per heavy atom. The number of nitrogens with one attached hydrogen (secondary N) is 1. The van der Waals surface area contributed by atoms with E-state index in [4.69, 9.17) is 0 Å². The van der Waals surface area contributed by atoms with Crippen LogP contribution in [0.1, 0.15) is 6.92 Å². The van der Waals surface area contributed by atoms with Gasteiger partial charge < -0.3 is 0 Å². The van der Waals surface area contributed by atoms with Crippen LogP contribution in [-0.4, -0.2) is 29.3 Å². The third-order valence-electron chi connectivity index (χ3n) is 1.83. The summed E-state index contributed by atoms with van der Waals surface area (Å²) >= 11 is 3.05. The Kier molecular flexibility index (Phi) is 3.05. The van der Waals surface area contributed by atoms with Gasteiger partial charge in [-0.05, 0) is 6.92 Å². The number of amides is 4. The largest absolute Gasteiger partial charge is 0.331 e. The van der Waals surface area contributed by atoms with Crippen LogP contribution in [0.5, 0.6) is 0 Å². The lowest BCUT2D eigenvalue weighted by atomic mass is 10.1. The fourth-order valence-corrected chi connectivity index (χ4v) is 1.30. The maximum atomic E-state index is 11.5. The SMILES string of the molecule is C=C(Br)CN1C(=O)NC(=O)C(C)C1=O. The molecule has 0 aromatic heterocycles. The summed E-state index contributed by atoms with van der Waals surface area (Å²) in [6.45, 7) is 5.04. The Morgan fingerprint density at radius 3 is 2.64 bits per heavy atom. The van der Waals surface area contributed by atoms with E-state index in [0.717, 1.165) is 4.90 Å². The molecule has 1 aliphatic rings. The number of rotatable bonds is 2. The van der Waals surface area contributed by atoms with E-state index in [9.17, 15) is 14.4 Å². The van der Waals surface area contributed by atoms with Crippen molar-refractivity contribution < 1.29 is 14.4 Å². The Balaban J connectivity index is 2.84. The lowest BCUT2D eigenvalue weighted by Crippen LogP contribution is -2.57.